The third-order valence-corrected chi connectivity index (χ3v) is 3.82. The molecule has 20 heavy (non-hydrogen) atoms. The van der Waals surface area contributed by atoms with Gasteiger partial charge in [-0.25, -0.2) is 0 Å². The molecule has 1 aliphatic rings. The molecule has 110 valence electrons. The van der Waals surface area contributed by atoms with Gasteiger partial charge in [0.15, 0.2) is 0 Å². The summed E-state index contributed by atoms with van der Waals surface area (Å²) in [5.74, 6) is 0.594. The first kappa shape index (κ1) is 15.0. The van der Waals surface area contributed by atoms with Gasteiger partial charge in [-0.05, 0) is 30.7 Å². The molecule has 0 radical (unpaired) electrons. The lowest BCUT2D eigenvalue weighted by molar-refractivity contribution is -0.117. The van der Waals surface area contributed by atoms with Gasteiger partial charge < -0.3 is 10.2 Å². The predicted molar refractivity (Wildman–Crippen MR) is 83.1 cm³/mol. The Morgan fingerprint density at radius 3 is 2.30 bits per heavy atom. The van der Waals surface area contributed by atoms with Crippen LogP contribution in [0.4, 0.5) is 5.69 Å². The minimum Gasteiger partial charge on any atom is -0.325 e. The van der Waals surface area contributed by atoms with E-state index in [0.717, 1.165) is 31.9 Å². The van der Waals surface area contributed by atoms with Gasteiger partial charge in [0, 0.05) is 31.9 Å². The van der Waals surface area contributed by atoms with Gasteiger partial charge in [-0.1, -0.05) is 26.0 Å². The molecule has 1 heterocycles. The number of hydrogen-bond acceptors (Lipinski definition) is 3. The second-order valence-corrected chi connectivity index (χ2v) is 5.90. The highest BCUT2D eigenvalue weighted by Gasteiger charge is 2.16. The minimum absolute atomic E-state index is 0.0758. The maximum absolute atomic E-state index is 12.0. The highest BCUT2D eigenvalue weighted by atomic mass is 16.2. The van der Waals surface area contributed by atoms with Gasteiger partial charge in [0.2, 0.25) is 5.91 Å². The molecule has 1 aromatic rings. The van der Waals surface area contributed by atoms with Crippen LogP contribution in [0.25, 0.3) is 0 Å². The summed E-state index contributed by atoms with van der Waals surface area (Å²) in [5, 5.41) is 2.97. The Morgan fingerprint density at radius 1 is 1.15 bits per heavy atom. The van der Waals surface area contributed by atoms with E-state index < -0.39 is 0 Å². The molecular formula is C16H25N3O. The van der Waals surface area contributed by atoms with E-state index in [2.05, 4.69) is 48.1 Å². The van der Waals surface area contributed by atoms with Crippen LogP contribution in [-0.2, 0) is 4.79 Å². The van der Waals surface area contributed by atoms with Crippen LogP contribution in [-0.4, -0.2) is 55.5 Å². The Morgan fingerprint density at radius 2 is 1.75 bits per heavy atom. The summed E-state index contributed by atoms with van der Waals surface area (Å²) >= 11 is 0. The molecule has 4 heteroatoms. The van der Waals surface area contributed by atoms with E-state index in [9.17, 15) is 4.79 Å². The van der Waals surface area contributed by atoms with Crippen LogP contribution in [0.3, 0.4) is 0 Å². The smallest absolute Gasteiger partial charge is 0.238 e. The van der Waals surface area contributed by atoms with Crippen LogP contribution < -0.4 is 5.32 Å². The molecule has 0 saturated carbocycles. The van der Waals surface area contributed by atoms with Crippen molar-refractivity contribution in [3.05, 3.63) is 29.8 Å². The largest absolute Gasteiger partial charge is 0.325 e. The van der Waals surface area contributed by atoms with Crippen molar-refractivity contribution < 1.29 is 4.79 Å². The number of carbonyl (C=O) groups excluding carboxylic acids is 1. The quantitative estimate of drug-likeness (QED) is 0.913. The summed E-state index contributed by atoms with van der Waals surface area (Å²) in [6.45, 7) is 8.83. The zero-order valence-corrected chi connectivity index (χ0v) is 12.7. The topological polar surface area (TPSA) is 35.6 Å². The van der Waals surface area contributed by atoms with Crippen molar-refractivity contribution in [2.45, 2.75) is 19.8 Å². The fourth-order valence-electron chi connectivity index (χ4n) is 2.36. The molecule has 0 unspecified atom stereocenters. The first-order valence-electron chi connectivity index (χ1n) is 7.35. The van der Waals surface area contributed by atoms with Crippen LogP contribution in [0, 0.1) is 0 Å². The summed E-state index contributed by atoms with van der Waals surface area (Å²) in [4.78, 5) is 16.5. The molecule has 0 atom stereocenters. The van der Waals surface area contributed by atoms with E-state index in [0.29, 0.717) is 12.5 Å². The van der Waals surface area contributed by atoms with Crippen molar-refractivity contribution in [3.63, 3.8) is 0 Å². The van der Waals surface area contributed by atoms with Crippen LogP contribution >= 0.6 is 0 Å². The highest BCUT2D eigenvalue weighted by Crippen LogP contribution is 2.17. The lowest BCUT2D eigenvalue weighted by Gasteiger charge is -2.31. The van der Waals surface area contributed by atoms with Crippen molar-refractivity contribution in [2.75, 3.05) is 45.1 Å². The Kier molecular flexibility index (Phi) is 5.15. The number of carbonyl (C=O) groups is 1. The van der Waals surface area contributed by atoms with Gasteiger partial charge >= 0.3 is 0 Å². The molecule has 0 spiro atoms. The van der Waals surface area contributed by atoms with Crippen molar-refractivity contribution in [1.82, 2.24) is 9.80 Å². The summed E-state index contributed by atoms with van der Waals surface area (Å²) in [5.41, 5.74) is 2.18. The van der Waals surface area contributed by atoms with Crippen molar-refractivity contribution in [3.8, 4) is 0 Å². The molecule has 0 bridgehead atoms. The molecule has 1 aromatic carbocycles. The van der Waals surface area contributed by atoms with Gasteiger partial charge in [0.05, 0.1) is 6.54 Å². The average molecular weight is 275 g/mol. The molecule has 2 rings (SSSR count). The lowest BCUT2D eigenvalue weighted by Crippen LogP contribution is -2.47. The van der Waals surface area contributed by atoms with Crippen LogP contribution in [0.1, 0.15) is 25.3 Å². The van der Waals surface area contributed by atoms with E-state index in [1.165, 1.54) is 5.56 Å². The first-order chi connectivity index (χ1) is 9.54. The fraction of sp³-hybridized carbons (Fsp3) is 0.562. The molecule has 1 saturated heterocycles. The fourth-order valence-corrected chi connectivity index (χ4v) is 2.36. The van der Waals surface area contributed by atoms with E-state index in [1.807, 2.05) is 12.1 Å². The number of benzene rings is 1. The van der Waals surface area contributed by atoms with E-state index in [-0.39, 0.29) is 5.91 Å². The number of amides is 1. The van der Waals surface area contributed by atoms with Crippen molar-refractivity contribution in [2.24, 2.45) is 0 Å². The lowest BCUT2D eigenvalue weighted by atomic mass is 10.0. The molecule has 1 fully saturated rings. The van der Waals surface area contributed by atoms with Crippen molar-refractivity contribution >= 4 is 11.6 Å². The van der Waals surface area contributed by atoms with E-state index in [4.69, 9.17) is 0 Å². The molecule has 4 nitrogen and oxygen atoms in total. The molecular weight excluding hydrogens is 250 g/mol. The van der Waals surface area contributed by atoms with Crippen LogP contribution in [0.15, 0.2) is 24.3 Å². The number of rotatable bonds is 4. The minimum atomic E-state index is 0.0758. The van der Waals surface area contributed by atoms with Gasteiger partial charge in [-0.3, -0.25) is 9.69 Å². The standard InChI is InChI=1S/C16H25N3O/c1-13(2)14-4-6-15(7-5-14)17-16(20)12-19-10-8-18(3)9-11-19/h4-7,13H,8-12H2,1-3H3,(H,17,20). The van der Waals surface area contributed by atoms with E-state index in [1.54, 1.807) is 0 Å². The summed E-state index contributed by atoms with van der Waals surface area (Å²) < 4.78 is 0. The summed E-state index contributed by atoms with van der Waals surface area (Å²) in [7, 11) is 2.12. The van der Waals surface area contributed by atoms with Gasteiger partial charge in [0.1, 0.15) is 0 Å². The van der Waals surface area contributed by atoms with Crippen LogP contribution in [0.5, 0.6) is 0 Å². The van der Waals surface area contributed by atoms with Gasteiger partial charge in [-0.2, -0.15) is 0 Å². The van der Waals surface area contributed by atoms with E-state index >= 15 is 0 Å². The third-order valence-electron chi connectivity index (χ3n) is 3.82. The van der Waals surface area contributed by atoms with Gasteiger partial charge in [-0.15, -0.1) is 0 Å². The van der Waals surface area contributed by atoms with Crippen LogP contribution in [0.2, 0.25) is 0 Å². The summed E-state index contributed by atoms with van der Waals surface area (Å²) in [6, 6.07) is 8.13. The number of hydrogen-bond donors (Lipinski definition) is 1. The predicted octanol–water partition coefficient (Wildman–Crippen LogP) is 2.00. The van der Waals surface area contributed by atoms with Gasteiger partial charge in [0.25, 0.3) is 0 Å². The first-order valence-corrected chi connectivity index (χ1v) is 7.35. The zero-order chi connectivity index (χ0) is 14.5. The maximum atomic E-state index is 12.0. The Bertz CT molecular complexity index is 434. The molecule has 1 N–H and O–H groups in total. The Labute approximate surface area is 121 Å². The number of anilines is 1. The second-order valence-electron chi connectivity index (χ2n) is 5.90. The third kappa shape index (κ3) is 4.32. The monoisotopic (exact) mass is 275 g/mol. The maximum Gasteiger partial charge on any atom is 0.238 e. The second kappa shape index (κ2) is 6.86. The number of likely N-dealkylation sites (N-methyl/N-ethyl adjacent to an activating group) is 1. The normalized spacial score (nSPS) is 17.4. The molecule has 1 aliphatic heterocycles. The molecule has 0 aromatic heterocycles. The summed E-state index contributed by atoms with van der Waals surface area (Å²) in [6.07, 6.45) is 0. The molecule has 0 aliphatic carbocycles. The van der Waals surface area contributed by atoms with Crippen molar-refractivity contribution in [1.29, 1.82) is 0 Å². The SMILES string of the molecule is CC(C)c1ccc(NC(=O)CN2CCN(C)CC2)cc1. The Hall–Kier alpha value is -1.39. The number of nitrogens with one attached hydrogen (secondary N) is 1. The Balaban J connectivity index is 1.82. The number of nitrogens with zero attached hydrogens (tertiary/aromatic N) is 2. The average Bonchev–Trinajstić information content (AvgIpc) is 2.42. The number of piperazine rings is 1. The molecule has 1 amide bonds. The zero-order valence-electron chi connectivity index (χ0n) is 12.7. The highest BCUT2D eigenvalue weighted by molar-refractivity contribution is 5.92.